The van der Waals surface area contributed by atoms with Crippen molar-refractivity contribution in [2.45, 2.75) is 25.7 Å². The number of aliphatic hydroxyl groups excluding tert-OH is 1. The summed E-state index contributed by atoms with van der Waals surface area (Å²) in [6.45, 7) is 1.28. The molecule has 2 aromatic carbocycles. The minimum absolute atomic E-state index is 0.185. The molecule has 1 unspecified atom stereocenters. The summed E-state index contributed by atoms with van der Waals surface area (Å²) in [6, 6.07) is 9.04. The van der Waals surface area contributed by atoms with E-state index in [0.717, 1.165) is 10.9 Å². The average Bonchev–Trinajstić information content (AvgIpc) is 3.05. The lowest BCUT2D eigenvalue weighted by atomic mass is 10.0. The Kier molecular flexibility index (Phi) is 4.73. The van der Waals surface area contributed by atoms with Crippen LogP contribution in [0.3, 0.4) is 0 Å². The second kappa shape index (κ2) is 6.83. The van der Waals surface area contributed by atoms with Gasteiger partial charge in [0.15, 0.2) is 0 Å². The highest BCUT2D eigenvalue weighted by Crippen LogP contribution is 2.34. The van der Waals surface area contributed by atoms with Gasteiger partial charge in [0.25, 0.3) is 0 Å². The minimum atomic E-state index is -4.58. The number of hydrogen-bond acceptors (Lipinski definition) is 4. The molecule has 5 nitrogen and oxygen atoms in total. The van der Waals surface area contributed by atoms with Gasteiger partial charge >= 0.3 is 6.18 Å². The van der Waals surface area contributed by atoms with Gasteiger partial charge in [-0.15, -0.1) is 10.2 Å². The Morgan fingerprint density at radius 3 is 2.58 bits per heavy atom. The Morgan fingerprint density at radius 1 is 1.15 bits per heavy atom. The van der Waals surface area contributed by atoms with Crippen LogP contribution in [0.2, 0.25) is 0 Å². The van der Waals surface area contributed by atoms with E-state index in [1.165, 1.54) is 36.4 Å². The molecule has 0 saturated heterocycles. The smallest absolute Gasteiger partial charge is 0.386 e. The molecule has 1 atom stereocenters. The van der Waals surface area contributed by atoms with E-state index >= 15 is 0 Å². The molecule has 9 heteroatoms. The topological polar surface area (TPSA) is 63.8 Å². The average molecular weight is 366 g/mol. The van der Waals surface area contributed by atoms with Crippen molar-refractivity contribution in [3.8, 4) is 11.4 Å². The van der Waals surface area contributed by atoms with E-state index < -0.39 is 17.8 Å². The number of halogens is 4. The number of alkyl halides is 3. The molecule has 0 saturated carbocycles. The number of aromatic nitrogens is 4. The molecule has 0 amide bonds. The molecule has 3 aromatic rings. The van der Waals surface area contributed by atoms with Gasteiger partial charge in [-0.05, 0) is 47.5 Å². The molecule has 0 bridgehead atoms. The van der Waals surface area contributed by atoms with Crippen LogP contribution in [0.15, 0.2) is 42.5 Å². The lowest BCUT2D eigenvalue weighted by molar-refractivity contribution is -0.139. The Bertz CT molecular complexity index is 923. The third kappa shape index (κ3) is 3.72. The second-order valence-corrected chi connectivity index (χ2v) is 5.73. The maximum absolute atomic E-state index is 13.3. The largest absolute Gasteiger partial charge is 0.416 e. The summed E-state index contributed by atoms with van der Waals surface area (Å²) in [7, 11) is 0. The summed E-state index contributed by atoms with van der Waals surface area (Å²) in [4.78, 5) is 1.01. The summed E-state index contributed by atoms with van der Waals surface area (Å²) >= 11 is 0. The molecule has 1 N–H and O–H groups in total. The highest BCUT2D eigenvalue weighted by Gasteiger charge is 2.34. The molecule has 1 heterocycles. The maximum atomic E-state index is 13.3. The molecule has 0 aliphatic carbocycles. The molecule has 3 rings (SSSR count). The Morgan fingerprint density at radius 2 is 1.88 bits per heavy atom. The third-order valence-electron chi connectivity index (χ3n) is 3.83. The standard InChI is InChI=1S/C17H14F4N4O/c1-10-8-11(6-7-14(10)18)16-22-24-25(23-16)9-15(26)12-4-2-3-5-13(12)17(19,20)21/h2-8,15,26H,9H2,1H3. The highest BCUT2D eigenvalue weighted by atomic mass is 19.4. The molecule has 26 heavy (non-hydrogen) atoms. The number of hydrogen-bond donors (Lipinski definition) is 1. The number of aliphatic hydroxyl groups is 1. The van der Waals surface area contributed by atoms with Crippen LogP contribution in [0.5, 0.6) is 0 Å². The minimum Gasteiger partial charge on any atom is -0.386 e. The van der Waals surface area contributed by atoms with Gasteiger partial charge in [-0.1, -0.05) is 18.2 Å². The normalized spacial score (nSPS) is 13.0. The first-order valence-corrected chi connectivity index (χ1v) is 7.64. The fourth-order valence-corrected chi connectivity index (χ4v) is 2.52. The SMILES string of the molecule is Cc1cc(-c2nnn(CC(O)c3ccccc3C(F)(F)F)n2)ccc1F. The van der Waals surface area contributed by atoms with Gasteiger partial charge in [-0.25, -0.2) is 4.39 Å². The first-order chi connectivity index (χ1) is 12.3. The van der Waals surface area contributed by atoms with E-state index in [2.05, 4.69) is 15.4 Å². The van der Waals surface area contributed by atoms with Gasteiger partial charge in [0.2, 0.25) is 5.82 Å². The predicted octanol–water partition coefficient (Wildman–Crippen LogP) is 3.54. The summed E-state index contributed by atoms with van der Waals surface area (Å²) in [5.41, 5.74) is -0.267. The van der Waals surface area contributed by atoms with Crippen LogP contribution in [0, 0.1) is 12.7 Å². The number of benzene rings is 2. The van der Waals surface area contributed by atoms with E-state index in [1.807, 2.05) is 0 Å². The first kappa shape index (κ1) is 18.0. The van der Waals surface area contributed by atoms with Crippen LogP contribution in [0.1, 0.15) is 22.8 Å². The third-order valence-corrected chi connectivity index (χ3v) is 3.83. The Labute approximate surface area is 145 Å². The molecule has 0 fully saturated rings. The highest BCUT2D eigenvalue weighted by molar-refractivity contribution is 5.55. The van der Waals surface area contributed by atoms with E-state index in [0.29, 0.717) is 11.1 Å². The summed E-state index contributed by atoms with van der Waals surface area (Å²) < 4.78 is 52.5. The van der Waals surface area contributed by atoms with Crippen LogP contribution in [0.25, 0.3) is 11.4 Å². The van der Waals surface area contributed by atoms with E-state index in [4.69, 9.17) is 0 Å². The van der Waals surface area contributed by atoms with Crippen LogP contribution >= 0.6 is 0 Å². The van der Waals surface area contributed by atoms with Crippen LogP contribution in [-0.2, 0) is 12.7 Å². The van der Waals surface area contributed by atoms with Crippen LogP contribution in [-0.4, -0.2) is 25.3 Å². The summed E-state index contributed by atoms with van der Waals surface area (Å²) in [5, 5.41) is 21.8. The van der Waals surface area contributed by atoms with Gasteiger partial charge in [0.05, 0.1) is 12.1 Å². The number of tetrazole rings is 1. The summed E-state index contributed by atoms with van der Waals surface area (Å²) in [5.74, 6) is -0.190. The predicted molar refractivity (Wildman–Crippen MR) is 84.4 cm³/mol. The van der Waals surface area contributed by atoms with Crippen molar-refractivity contribution in [3.63, 3.8) is 0 Å². The molecule has 0 aliphatic rings. The van der Waals surface area contributed by atoms with Gasteiger partial charge in [-0.3, -0.25) is 0 Å². The maximum Gasteiger partial charge on any atom is 0.416 e. The Balaban J connectivity index is 1.82. The molecule has 1 aromatic heterocycles. The first-order valence-electron chi connectivity index (χ1n) is 7.64. The molecule has 0 aliphatic heterocycles. The van der Waals surface area contributed by atoms with Crippen LogP contribution < -0.4 is 0 Å². The summed E-state index contributed by atoms with van der Waals surface area (Å²) in [6.07, 6.45) is -6.05. The molecular weight excluding hydrogens is 352 g/mol. The molecule has 0 radical (unpaired) electrons. The fourth-order valence-electron chi connectivity index (χ4n) is 2.52. The zero-order valence-corrected chi connectivity index (χ0v) is 13.6. The number of aryl methyl sites for hydroxylation is 1. The number of rotatable bonds is 4. The van der Waals surface area contributed by atoms with Crippen molar-refractivity contribution in [2.75, 3.05) is 0 Å². The van der Waals surface area contributed by atoms with Crippen molar-refractivity contribution in [1.29, 1.82) is 0 Å². The van der Waals surface area contributed by atoms with Gasteiger partial charge < -0.3 is 5.11 Å². The zero-order chi connectivity index (χ0) is 18.9. The van der Waals surface area contributed by atoms with Crippen LogP contribution in [0.4, 0.5) is 17.6 Å². The van der Waals surface area contributed by atoms with E-state index in [-0.39, 0.29) is 23.7 Å². The lowest BCUT2D eigenvalue weighted by Crippen LogP contribution is -2.17. The molecular formula is C17H14F4N4O. The van der Waals surface area contributed by atoms with Gasteiger partial charge in [-0.2, -0.15) is 18.0 Å². The van der Waals surface area contributed by atoms with Gasteiger partial charge in [0, 0.05) is 5.56 Å². The molecule has 136 valence electrons. The van der Waals surface area contributed by atoms with Crippen molar-refractivity contribution in [2.24, 2.45) is 0 Å². The quantitative estimate of drug-likeness (QED) is 0.718. The van der Waals surface area contributed by atoms with Crippen molar-refractivity contribution in [1.82, 2.24) is 20.2 Å². The second-order valence-electron chi connectivity index (χ2n) is 5.73. The molecule has 0 spiro atoms. The Hall–Kier alpha value is -2.81. The van der Waals surface area contributed by atoms with Crippen molar-refractivity contribution in [3.05, 3.63) is 65.0 Å². The van der Waals surface area contributed by atoms with E-state index in [1.54, 1.807) is 6.92 Å². The monoisotopic (exact) mass is 366 g/mol. The van der Waals surface area contributed by atoms with E-state index in [9.17, 15) is 22.7 Å². The lowest BCUT2D eigenvalue weighted by Gasteiger charge is -2.16. The number of nitrogens with zero attached hydrogens (tertiary/aromatic N) is 4. The van der Waals surface area contributed by atoms with Gasteiger partial charge in [0.1, 0.15) is 11.9 Å². The zero-order valence-electron chi connectivity index (χ0n) is 13.6. The van der Waals surface area contributed by atoms with Crippen molar-refractivity contribution < 1.29 is 22.7 Å². The van der Waals surface area contributed by atoms with Crippen molar-refractivity contribution >= 4 is 0 Å². The fraction of sp³-hybridized carbons (Fsp3) is 0.235.